The summed E-state index contributed by atoms with van der Waals surface area (Å²) in [5, 5.41) is 0. The molecule has 0 N–H and O–H groups in total. The molecule has 0 saturated carbocycles. The zero-order chi connectivity index (χ0) is 28.1. The first kappa shape index (κ1) is 26.9. The standard InChI is InChI=1S/C27H27F3N4O4S/c1-16-12-32(15-31-16)23-7-4-17(9-25(23)38-2)8-18-5-6-20-13-33(39(3,36)37)14-24(34(20)27(18)35)19-10-21(28)26(30)22(29)11-19/h4,7-12,15,20,24H,5-6,13-14H2,1-3H3/t20-,24?/m0/s1. The van der Waals surface area contributed by atoms with Crippen LogP contribution in [0, 0.1) is 24.4 Å². The first-order valence-corrected chi connectivity index (χ1v) is 14.1. The van der Waals surface area contributed by atoms with E-state index in [4.69, 9.17) is 4.74 Å². The second-order valence-electron chi connectivity index (χ2n) is 9.82. The lowest BCUT2D eigenvalue weighted by Gasteiger charge is -2.48. The smallest absolute Gasteiger partial charge is 0.250 e. The monoisotopic (exact) mass is 560 g/mol. The number of aryl methyl sites for hydroxylation is 1. The van der Waals surface area contributed by atoms with Crippen LogP contribution < -0.4 is 4.74 Å². The SMILES string of the molecule is COc1cc(C=C2CC[C@H]3CN(S(C)(=O)=O)CC(c4cc(F)c(F)c(F)c4)N3C2=O)ccc1-n1cnc(C)c1. The molecule has 2 aromatic carbocycles. The molecule has 2 saturated heterocycles. The van der Waals surface area contributed by atoms with Gasteiger partial charge in [0.05, 0.1) is 37.1 Å². The van der Waals surface area contributed by atoms with Crippen LogP contribution in [-0.2, 0) is 14.8 Å². The molecule has 5 rings (SSSR count). The van der Waals surface area contributed by atoms with Crippen molar-refractivity contribution in [1.82, 2.24) is 18.8 Å². The van der Waals surface area contributed by atoms with Crippen LogP contribution in [0.3, 0.4) is 0 Å². The lowest BCUT2D eigenvalue weighted by Crippen LogP contribution is -2.59. The minimum Gasteiger partial charge on any atom is -0.495 e. The molecular weight excluding hydrogens is 533 g/mol. The number of benzene rings is 2. The van der Waals surface area contributed by atoms with Crippen LogP contribution >= 0.6 is 0 Å². The quantitative estimate of drug-likeness (QED) is 0.348. The molecule has 12 heteroatoms. The summed E-state index contributed by atoms with van der Waals surface area (Å²) in [5.41, 5.74) is 2.77. The van der Waals surface area contributed by atoms with Crippen molar-refractivity contribution < 1.29 is 31.1 Å². The fraction of sp³-hybridized carbons (Fsp3) is 0.333. The van der Waals surface area contributed by atoms with E-state index < -0.39 is 39.6 Å². The Balaban J connectivity index is 1.51. The van der Waals surface area contributed by atoms with E-state index in [1.807, 2.05) is 29.8 Å². The summed E-state index contributed by atoms with van der Waals surface area (Å²) in [4.78, 5) is 19.5. The molecule has 3 heterocycles. The Morgan fingerprint density at radius 1 is 1.10 bits per heavy atom. The van der Waals surface area contributed by atoms with Gasteiger partial charge < -0.3 is 14.2 Å². The number of piperazine rings is 1. The highest BCUT2D eigenvalue weighted by atomic mass is 32.2. The van der Waals surface area contributed by atoms with Crippen molar-refractivity contribution in [3.8, 4) is 11.4 Å². The predicted octanol–water partition coefficient (Wildman–Crippen LogP) is 4.00. The largest absolute Gasteiger partial charge is 0.495 e. The molecule has 0 radical (unpaired) electrons. The lowest BCUT2D eigenvalue weighted by molar-refractivity contribution is -0.137. The summed E-state index contributed by atoms with van der Waals surface area (Å²) < 4.78 is 75.4. The molecule has 1 unspecified atom stereocenters. The number of carbonyl (C=O) groups is 1. The van der Waals surface area contributed by atoms with E-state index in [0.717, 1.165) is 29.8 Å². The fourth-order valence-corrected chi connectivity index (χ4v) is 6.11. The summed E-state index contributed by atoms with van der Waals surface area (Å²) in [6.07, 6.45) is 7.13. The number of halogens is 3. The van der Waals surface area contributed by atoms with Gasteiger partial charge >= 0.3 is 0 Å². The Bertz CT molecular complexity index is 1560. The van der Waals surface area contributed by atoms with E-state index in [1.165, 1.54) is 9.21 Å². The Morgan fingerprint density at radius 2 is 1.82 bits per heavy atom. The van der Waals surface area contributed by atoms with Gasteiger partial charge in [-0.15, -0.1) is 0 Å². The topological polar surface area (TPSA) is 84.7 Å². The van der Waals surface area contributed by atoms with Gasteiger partial charge in [0.25, 0.3) is 5.91 Å². The van der Waals surface area contributed by atoms with Crippen molar-refractivity contribution in [3.05, 3.63) is 82.7 Å². The number of hydrogen-bond donors (Lipinski definition) is 0. The highest BCUT2D eigenvalue weighted by Gasteiger charge is 2.44. The molecule has 1 aromatic heterocycles. The maximum atomic E-state index is 14.2. The molecule has 2 fully saturated rings. The number of hydrogen-bond acceptors (Lipinski definition) is 5. The van der Waals surface area contributed by atoms with Crippen LogP contribution in [0.25, 0.3) is 11.8 Å². The fourth-order valence-electron chi connectivity index (χ4n) is 5.26. The number of amides is 1. The van der Waals surface area contributed by atoms with Gasteiger partial charge in [0.1, 0.15) is 5.75 Å². The van der Waals surface area contributed by atoms with Crippen molar-refractivity contribution in [3.63, 3.8) is 0 Å². The van der Waals surface area contributed by atoms with E-state index in [2.05, 4.69) is 4.98 Å². The number of fused-ring (bicyclic) bond motifs is 1. The number of sulfonamides is 1. The Hall–Kier alpha value is -3.64. The zero-order valence-corrected chi connectivity index (χ0v) is 22.4. The van der Waals surface area contributed by atoms with Gasteiger partial charge in [-0.05, 0) is 61.2 Å². The molecule has 0 aliphatic carbocycles. The van der Waals surface area contributed by atoms with Crippen molar-refractivity contribution in [2.75, 3.05) is 26.5 Å². The average Bonchev–Trinajstić information content (AvgIpc) is 3.33. The molecule has 3 aromatic rings. The van der Waals surface area contributed by atoms with Gasteiger partial charge in [0.15, 0.2) is 17.5 Å². The van der Waals surface area contributed by atoms with Crippen LogP contribution in [0.1, 0.15) is 35.7 Å². The third kappa shape index (κ3) is 5.18. The van der Waals surface area contributed by atoms with E-state index in [0.29, 0.717) is 29.7 Å². The molecular formula is C27H27F3N4O4S. The molecule has 0 spiro atoms. The Morgan fingerprint density at radius 3 is 2.44 bits per heavy atom. The lowest BCUT2D eigenvalue weighted by atomic mass is 9.89. The van der Waals surface area contributed by atoms with Crippen molar-refractivity contribution >= 4 is 22.0 Å². The number of carbonyl (C=O) groups excluding carboxylic acids is 1. The highest BCUT2D eigenvalue weighted by Crippen LogP contribution is 2.38. The maximum absolute atomic E-state index is 14.2. The van der Waals surface area contributed by atoms with Gasteiger partial charge in [-0.3, -0.25) is 4.79 Å². The second-order valence-corrected chi connectivity index (χ2v) is 11.8. The zero-order valence-electron chi connectivity index (χ0n) is 21.6. The molecule has 39 heavy (non-hydrogen) atoms. The molecule has 0 bridgehead atoms. The predicted molar refractivity (Wildman–Crippen MR) is 138 cm³/mol. The van der Waals surface area contributed by atoms with E-state index in [-0.39, 0.29) is 24.6 Å². The molecule has 2 aliphatic heterocycles. The van der Waals surface area contributed by atoms with Crippen molar-refractivity contribution in [2.24, 2.45) is 0 Å². The highest BCUT2D eigenvalue weighted by molar-refractivity contribution is 7.88. The number of nitrogens with zero attached hydrogens (tertiary/aromatic N) is 4. The van der Waals surface area contributed by atoms with E-state index in [9.17, 15) is 26.4 Å². The number of ether oxygens (including phenoxy) is 1. The van der Waals surface area contributed by atoms with Gasteiger partial charge in [0.2, 0.25) is 10.0 Å². The first-order chi connectivity index (χ1) is 18.5. The molecule has 1 amide bonds. The molecule has 206 valence electrons. The molecule has 2 aliphatic rings. The minimum atomic E-state index is -3.66. The Labute approximate surface area is 224 Å². The van der Waals surface area contributed by atoms with Crippen LogP contribution in [0.2, 0.25) is 0 Å². The maximum Gasteiger partial charge on any atom is 0.250 e. The number of imidazole rings is 1. The third-order valence-corrected chi connectivity index (χ3v) is 8.41. The van der Waals surface area contributed by atoms with Crippen molar-refractivity contribution in [2.45, 2.75) is 31.8 Å². The summed E-state index contributed by atoms with van der Waals surface area (Å²) >= 11 is 0. The van der Waals surface area contributed by atoms with Gasteiger partial charge in [-0.2, -0.15) is 4.31 Å². The summed E-state index contributed by atoms with van der Waals surface area (Å²) in [5.74, 6) is -4.24. The molecule has 8 nitrogen and oxygen atoms in total. The third-order valence-electron chi connectivity index (χ3n) is 7.17. The van der Waals surface area contributed by atoms with Crippen LogP contribution in [0.5, 0.6) is 5.75 Å². The van der Waals surface area contributed by atoms with E-state index >= 15 is 0 Å². The first-order valence-electron chi connectivity index (χ1n) is 12.3. The van der Waals surface area contributed by atoms with Gasteiger partial charge in [-0.25, -0.2) is 26.6 Å². The summed E-state index contributed by atoms with van der Waals surface area (Å²) in [6.45, 7) is 1.74. The van der Waals surface area contributed by atoms with Crippen LogP contribution in [0.15, 0.2) is 48.4 Å². The van der Waals surface area contributed by atoms with E-state index in [1.54, 1.807) is 25.6 Å². The summed E-state index contributed by atoms with van der Waals surface area (Å²) in [7, 11) is -2.12. The number of piperidine rings is 1. The van der Waals surface area contributed by atoms with Crippen molar-refractivity contribution in [1.29, 1.82) is 0 Å². The number of methoxy groups -OCH3 is 1. The normalized spacial score (nSPS) is 21.3. The minimum absolute atomic E-state index is 0.0130. The van der Waals surface area contributed by atoms with Crippen LogP contribution in [0.4, 0.5) is 13.2 Å². The van der Waals surface area contributed by atoms with Gasteiger partial charge in [0, 0.05) is 30.9 Å². The average molecular weight is 561 g/mol. The second kappa shape index (κ2) is 10.2. The van der Waals surface area contributed by atoms with Gasteiger partial charge in [-0.1, -0.05) is 6.07 Å². The molecule has 2 atom stereocenters. The number of aromatic nitrogens is 2. The number of rotatable bonds is 5. The van der Waals surface area contributed by atoms with Crippen LogP contribution in [-0.4, -0.2) is 65.6 Å². The summed E-state index contributed by atoms with van der Waals surface area (Å²) in [6, 6.07) is 5.60. The Kier molecular flexibility index (Phi) is 7.02.